The van der Waals surface area contributed by atoms with E-state index < -0.39 is 0 Å². The second kappa shape index (κ2) is 5.77. The summed E-state index contributed by atoms with van der Waals surface area (Å²) in [5.74, 6) is 1.35. The van der Waals surface area contributed by atoms with Gasteiger partial charge in [0.05, 0.1) is 11.6 Å². The van der Waals surface area contributed by atoms with Gasteiger partial charge in [0.15, 0.2) is 5.90 Å². The Kier molecular flexibility index (Phi) is 4.28. The molecule has 1 aromatic carbocycles. The molecule has 104 valence electrons. The van der Waals surface area contributed by atoms with Crippen molar-refractivity contribution in [3.63, 3.8) is 0 Å². The van der Waals surface area contributed by atoms with E-state index in [2.05, 4.69) is 58.0 Å². The predicted molar refractivity (Wildman–Crippen MR) is 80.6 cm³/mol. The van der Waals surface area contributed by atoms with Gasteiger partial charge in [-0.2, -0.15) is 0 Å². The Morgan fingerprint density at radius 2 is 2.00 bits per heavy atom. The maximum atomic E-state index is 6.00. The van der Waals surface area contributed by atoms with Gasteiger partial charge < -0.3 is 4.74 Å². The van der Waals surface area contributed by atoms with E-state index in [1.165, 1.54) is 5.56 Å². The molecule has 19 heavy (non-hydrogen) atoms. The van der Waals surface area contributed by atoms with Crippen LogP contribution in [0.25, 0.3) is 0 Å². The molecule has 0 N–H and O–H groups in total. The monoisotopic (exact) mass is 259 g/mol. The van der Waals surface area contributed by atoms with Crippen LogP contribution in [-0.2, 0) is 11.2 Å². The first-order chi connectivity index (χ1) is 9.00. The fraction of sp³-hybridized carbons (Fsp3) is 0.588. The van der Waals surface area contributed by atoms with Crippen molar-refractivity contribution in [3.05, 3.63) is 35.9 Å². The minimum Gasteiger partial charge on any atom is -0.478 e. The Bertz CT molecular complexity index is 436. The van der Waals surface area contributed by atoms with Crippen LogP contribution in [0.5, 0.6) is 0 Å². The zero-order valence-electron chi connectivity index (χ0n) is 12.5. The second-order valence-corrected chi connectivity index (χ2v) is 6.19. The van der Waals surface area contributed by atoms with E-state index in [0.29, 0.717) is 5.92 Å². The molecule has 0 unspecified atom stereocenters. The van der Waals surface area contributed by atoms with Crippen LogP contribution in [0.1, 0.15) is 46.1 Å². The van der Waals surface area contributed by atoms with E-state index in [9.17, 15) is 0 Å². The molecule has 0 saturated heterocycles. The van der Waals surface area contributed by atoms with Crippen molar-refractivity contribution < 1.29 is 4.74 Å². The van der Waals surface area contributed by atoms with Crippen molar-refractivity contribution in [2.24, 2.45) is 10.9 Å². The van der Waals surface area contributed by atoms with Crippen molar-refractivity contribution in [1.82, 2.24) is 0 Å². The number of nitrogens with zero attached hydrogens (tertiary/aromatic N) is 1. The molecular formula is C17H25NO. The fourth-order valence-electron chi connectivity index (χ4n) is 2.81. The third-order valence-electron chi connectivity index (χ3n) is 3.69. The van der Waals surface area contributed by atoms with Crippen LogP contribution in [0.4, 0.5) is 0 Å². The zero-order valence-corrected chi connectivity index (χ0v) is 12.5. The standard InChI is InChI=1S/C17H25NO/c1-5-15(11-14-9-7-6-8-10-14)16-18-17(3,4)12-13(2)19-16/h6-10,13,15H,5,11-12H2,1-4H3/t13-,15-/m0/s1. The van der Waals surface area contributed by atoms with Gasteiger partial charge in [0.1, 0.15) is 0 Å². The van der Waals surface area contributed by atoms with E-state index in [1.54, 1.807) is 0 Å². The third kappa shape index (κ3) is 3.82. The number of hydrogen-bond donors (Lipinski definition) is 0. The van der Waals surface area contributed by atoms with Crippen molar-refractivity contribution in [2.75, 3.05) is 0 Å². The summed E-state index contributed by atoms with van der Waals surface area (Å²) in [7, 11) is 0. The Morgan fingerprint density at radius 3 is 2.58 bits per heavy atom. The van der Waals surface area contributed by atoms with Crippen LogP contribution in [0.15, 0.2) is 35.3 Å². The van der Waals surface area contributed by atoms with E-state index in [4.69, 9.17) is 9.73 Å². The molecule has 2 atom stereocenters. The molecule has 0 radical (unpaired) electrons. The average Bonchev–Trinajstić information content (AvgIpc) is 2.34. The van der Waals surface area contributed by atoms with Crippen molar-refractivity contribution in [3.8, 4) is 0 Å². The van der Waals surface area contributed by atoms with Crippen molar-refractivity contribution in [1.29, 1.82) is 0 Å². The lowest BCUT2D eigenvalue weighted by atomic mass is 9.92. The molecule has 0 aromatic heterocycles. The Morgan fingerprint density at radius 1 is 1.32 bits per heavy atom. The number of ether oxygens (including phenoxy) is 1. The minimum absolute atomic E-state index is 0.0110. The maximum absolute atomic E-state index is 6.00. The SMILES string of the molecule is CC[C@@H](Cc1ccccc1)C1=NC(C)(C)C[C@H](C)O1. The Labute approximate surface area is 116 Å². The summed E-state index contributed by atoms with van der Waals surface area (Å²) in [6.45, 7) is 8.75. The first kappa shape index (κ1) is 14.1. The molecular weight excluding hydrogens is 234 g/mol. The Balaban J connectivity index is 2.15. The maximum Gasteiger partial charge on any atom is 0.187 e. The highest BCUT2D eigenvalue weighted by Gasteiger charge is 2.31. The molecule has 2 nitrogen and oxygen atoms in total. The van der Waals surface area contributed by atoms with Crippen molar-refractivity contribution in [2.45, 2.75) is 58.6 Å². The molecule has 0 spiro atoms. The smallest absolute Gasteiger partial charge is 0.187 e. The van der Waals surface area contributed by atoms with E-state index in [-0.39, 0.29) is 11.6 Å². The molecule has 2 heteroatoms. The number of hydrogen-bond acceptors (Lipinski definition) is 2. The van der Waals surface area contributed by atoms with Crippen molar-refractivity contribution >= 4 is 5.90 Å². The molecule has 0 aliphatic carbocycles. The normalized spacial score (nSPS) is 23.4. The number of rotatable bonds is 4. The molecule has 0 bridgehead atoms. The lowest BCUT2D eigenvalue weighted by molar-refractivity contribution is 0.130. The van der Waals surface area contributed by atoms with E-state index in [0.717, 1.165) is 25.2 Å². The summed E-state index contributed by atoms with van der Waals surface area (Å²) >= 11 is 0. The van der Waals surface area contributed by atoms with Crippen LogP contribution in [0, 0.1) is 5.92 Å². The summed E-state index contributed by atoms with van der Waals surface area (Å²) in [5.41, 5.74) is 1.37. The molecule has 1 heterocycles. The number of benzene rings is 1. The van der Waals surface area contributed by atoms with Gasteiger partial charge in [0.2, 0.25) is 0 Å². The number of aliphatic imine (C=N–C) groups is 1. The highest BCUT2D eigenvalue weighted by Crippen LogP contribution is 2.28. The summed E-state index contributed by atoms with van der Waals surface area (Å²) in [5, 5.41) is 0. The summed E-state index contributed by atoms with van der Waals surface area (Å²) in [6.07, 6.45) is 3.35. The largest absolute Gasteiger partial charge is 0.478 e. The minimum atomic E-state index is 0.0110. The van der Waals surface area contributed by atoms with Gasteiger partial charge in [-0.05, 0) is 39.2 Å². The summed E-state index contributed by atoms with van der Waals surface area (Å²) in [6, 6.07) is 10.6. The molecule has 2 rings (SSSR count). The van der Waals surface area contributed by atoms with Gasteiger partial charge in [-0.1, -0.05) is 37.3 Å². The molecule has 1 aliphatic heterocycles. The summed E-state index contributed by atoms with van der Waals surface area (Å²) < 4.78 is 6.00. The zero-order chi connectivity index (χ0) is 13.9. The average molecular weight is 259 g/mol. The van der Waals surface area contributed by atoms with Gasteiger partial charge in [-0.3, -0.25) is 0 Å². The highest BCUT2D eigenvalue weighted by atomic mass is 16.5. The van der Waals surface area contributed by atoms with E-state index >= 15 is 0 Å². The quantitative estimate of drug-likeness (QED) is 0.792. The Hall–Kier alpha value is -1.31. The van der Waals surface area contributed by atoms with Crippen LogP contribution in [0.2, 0.25) is 0 Å². The molecule has 1 aromatic rings. The molecule has 0 saturated carbocycles. The fourth-order valence-corrected chi connectivity index (χ4v) is 2.81. The van der Waals surface area contributed by atoms with E-state index in [1.807, 2.05) is 0 Å². The first-order valence-electron chi connectivity index (χ1n) is 7.30. The van der Waals surface area contributed by atoms with Gasteiger partial charge in [-0.15, -0.1) is 0 Å². The van der Waals surface area contributed by atoms with Gasteiger partial charge in [0, 0.05) is 12.3 Å². The van der Waals surface area contributed by atoms with Crippen LogP contribution < -0.4 is 0 Å². The van der Waals surface area contributed by atoms with Gasteiger partial charge in [0.25, 0.3) is 0 Å². The lowest BCUT2D eigenvalue weighted by Crippen LogP contribution is -2.37. The van der Waals surface area contributed by atoms with Crippen LogP contribution in [0.3, 0.4) is 0 Å². The molecule has 0 fully saturated rings. The molecule has 1 aliphatic rings. The van der Waals surface area contributed by atoms with Crippen LogP contribution >= 0.6 is 0 Å². The third-order valence-corrected chi connectivity index (χ3v) is 3.69. The molecule has 0 amide bonds. The van der Waals surface area contributed by atoms with Gasteiger partial charge >= 0.3 is 0 Å². The van der Waals surface area contributed by atoms with Crippen LogP contribution in [-0.4, -0.2) is 17.5 Å². The highest BCUT2D eigenvalue weighted by molar-refractivity contribution is 5.80. The lowest BCUT2D eigenvalue weighted by Gasteiger charge is -2.34. The first-order valence-corrected chi connectivity index (χ1v) is 7.30. The topological polar surface area (TPSA) is 21.6 Å². The predicted octanol–water partition coefficient (Wildman–Crippen LogP) is 4.24. The summed E-state index contributed by atoms with van der Waals surface area (Å²) in [4.78, 5) is 4.83. The second-order valence-electron chi connectivity index (χ2n) is 6.19. The van der Waals surface area contributed by atoms with Gasteiger partial charge in [-0.25, -0.2) is 4.99 Å².